The summed E-state index contributed by atoms with van der Waals surface area (Å²) in [7, 11) is 1.48. The number of amides is 1. The van der Waals surface area contributed by atoms with Crippen molar-refractivity contribution in [2.75, 3.05) is 58.2 Å². The van der Waals surface area contributed by atoms with Crippen LogP contribution in [-0.2, 0) is 16.0 Å². The molecule has 2 aromatic carbocycles. The van der Waals surface area contributed by atoms with Gasteiger partial charge in [-0.25, -0.2) is 18.2 Å². The van der Waals surface area contributed by atoms with E-state index in [2.05, 4.69) is 19.9 Å². The van der Waals surface area contributed by atoms with E-state index in [1.54, 1.807) is 23.1 Å². The molecule has 47 heavy (non-hydrogen) atoms. The number of carbonyl (C=O) groups excluding carboxylic acids is 1. The topological polar surface area (TPSA) is 125 Å². The third-order valence-corrected chi connectivity index (χ3v) is 9.28. The lowest BCUT2D eigenvalue weighted by atomic mass is 9.94. The lowest BCUT2D eigenvalue weighted by molar-refractivity contribution is -0.116. The van der Waals surface area contributed by atoms with E-state index in [0.717, 1.165) is 19.4 Å². The molecular weight excluding hydrogens is 617 g/mol. The Morgan fingerprint density at radius 1 is 1.15 bits per heavy atom. The Hall–Kier alpha value is -4.43. The zero-order valence-corrected chi connectivity index (χ0v) is 26.2. The van der Waals surface area contributed by atoms with Gasteiger partial charge in [0, 0.05) is 25.6 Å². The van der Waals surface area contributed by atoms with Crippen molar-refractivity contribution in [3.05, 3.63) is 41.5 Å². The summed E-state index contributed by atoms with van der Waals surface area (Å²) in [5, 5.41) is 1.22. The van der Waals surface area contributed by atoms with E-state index in [4.69, 9.17) is 24.7 Å². The molecule has 248 valence electrons. The second kappa shape index (κ2) is 12.3. The molecule has 2 saturated heterocycles. The number of ether oxygens (including phenoxy) is 4. The Labute approximate surface area is 268 Å². The summed E-state index contributed by atoms with van der Waals surface area (Å²) >= 11 is 0. The van der Waals surface area contributed by atoms with E-state index < -0.39 is 29.3 Å². The molecule has 0 spiro atoms. The standard InChI is InChI=1S/C33H35F3N6O5/c1-3-21-23(35)6-5-18-11-20(47-17-44-2)12-22(25(18)21)28-27(36)29-26-30(41(15-24(37)43)9-10-45-31(26)38-28)40-32(39-29)46-16-33-7-4-8-42(33)14-19(34)13-33/h5-6,11-12,19H,3-4,7-10,13-17H2,1-2H3,(H2,37,43)/t19-,33+/m1/s1. The molecule has 0 saturated carbocycles. The number of nitrogens with two attached hydrogens (primary N) is 1. The van der Waals surface area contributed by atoms with Crippen LogP contribution >= 0.6 is 0 Å². The molecule has 7 rings (SSSR count). The van der Waals surface area contributed by atoms with Crippen molar-refractivity contribution >= 4 is 33.4 Å². The number of hydrogen-bond donors (Lipinski definition) is 1. The van der Waals surface area contributed by atoms with Gasteiger partial charge in [-0.3, -0.25) is 9.69 Å². The van der Waals surface area contributed by atoms with Gasteiger partial charge in [0.15, 0.2) is 12.6 Å². The molecule has 0 bridgehead atoms. The van der Waals surface area contributed by atoms with Crippen LogP contribution < -0.4 is 24.8 Å². The van der Waals surface area contributed by atoms with Crippen molar-refractivity contribution in [3.8, 4) is 28.9 Å². The Morgan fingerprint density at radius 2 is 2.00 bits per heavy atom. The van der Waals surface area contributed by atoms with Gasteiger partial charge in [0.2, 0.25) is 11.8 Å². The molecule has 3 aliphatic heterocycles. The van der Waals surface area contributed by atoms with E-state index in [1.807, 2.05) is 6.92 Å². The molecule has 4 aromatic rings. The summed E-state index contributed by atoms with van der Waals surface area (Å²) in [5.41, 5.74) is 5.41. The van der Waals surface area contributed by atoms with E-state index in [9.17, 15) is 9.18 Å². The molecule has 0 unspecified atom stereocenters. The van der Waals surface area contributed by atoms with E-state index in [1.165, 1.54) is 13.2 Å². The first-order chi connectivity index (χ1) is 22.7. The first-order valence-electron chi connectivity index (χ1n) is 15.7. The van der Waals surface area contributed by atoms with Gasteiger partial charge >= 0.3 is 6.01 Å². The predicted octanol–water partition coefficient (Wildman–Crippen LogP) is 4.31. The number of nitrogens with zero attached hydrogens (tertiary/aromatic N) is 5. The maximum atomic E-state index is 17.0. The molecule has 2 N–H and O–H groups in total. The zero-order chi connectivity index (χ0) is 32.9. The maximum absolute atomic E-state index is 17.0. The van der Waals surface area contributed by atoms with Crippen LogP contribution in [0, 0.1) is 11.6 Å². The molecular formula is C33H35F3N6O5. The first-order valence-corrected chi connectivity index (χ1v) is 15.7. The number of aromatic nitrogens is 3. The average molecular weight is 653 g/mol. The Balaban J connectivity index is 1.43. The minimum atomic E-state index is -0.964. The molecule has 3 aliphatic rings. The zero-order valence-electron chi connectivity index (χ0n) is 26.2. The number of aryl methyl sites for hydroxylation is 1. The van der Waals surface area contributed by atoms with Crippen molar-refractivity contribution < 1.29 is 36.9 Å². The number of benzene rings is 2. The average Bonchev–Trinajstić information content (AvgIpc) is 3.52. The summed E-state index contributed by atoms with van der Waals surface area (Å²) < 4.78 is 69.7. The van der Waals surface area contributed by atoms with Crippen molar-refractivity contribution in [2.45, 2.75) is 44.3 Å². The van der Waals surface area contributed by atoms with Gasteiger partial charge in [-0.05, 0) is 60.3 Å². The highest BCUT2D eigenvalue weighted by Gasteiger charge is 2.49. The SMILES string of the molecule is CCc1c(F)ccc2cc(OCOC)cc(-c3nc4c5c(nc(OC[C@@]67CCCN6C[C@H](F)C7)nc5c3F)N(CC(N)=O)CCO4)c12. The smallest absolute Gasteiger partial charge is 0.319 e. The lowest BCUT2D eigenvalue weighted by Crippen LogP contribution is -2.43. The fourth-order valence-electron chi connectivity index (χ4n) is 7.26. The molecule has 2 aromatic heterocycles. The minimum Gasteiger partial charge on any atom is -0.475 e. The van der Waals surface area contributed by atoms with Crippen LogP contribution in [0.25, 0.3) is 32.9 Å². The van der Waals surface area contributed by atoms with Crippen LogP contribution in [0.5, 0.6) is 17.6 Å². The summed E-state index contributed by atoms with van der Waals surface area (Å²) in [5.74, 6) is -1.32. The summed E-state index contributed by atoms with van der Waals surface area (Å²) in [6.45, 7) is 3.02. The second-order valence-electron chi connectivity index (χ2n) is 12.2. The van der Waals surface area contributed by atoms with Gasteiger partial charge in [0.25, 0.3) is 0 Å². The Kier molecular flexibility index (Phi) is 8.16. The van der Waals surface area contributed by atoms with Crippen LogP contribution in [-0.4, -0.2) is 90.8 Å². The fraction of sp³-hybridized carbons (Fsp3) is 0.455. The molecule has 2 atom stereocenters. The van der Waals surface area contributed by atoms with Crippen LogP contribution in [0.3, 0.4) is 0 Å². The summed E-state index contributed by atoms with van der Waals surface area (Å²) in [6.07, 6.45) is 1.37. The van der Waals surface area contributed by atoms with Crippen molar-refractivity contribution in [1.29, 1.82) is 0 Å². The third kappa shape index (κ3) is 5.52. The number of carbonyl (C=O) groups is 1. The molecule has 0 aliphatic carbocycles. The van der Waals surface area contributed by atoms with E-state index in [-0.39, 0.29) is 73.0 Å². The van der Waals surface area contributed by atoms with Crippen LogP contribution in [0.1, 0.15) is 31.7 Å². The van der Waals surface area contributed by atoms with Crippen molar-refractivity contribution in [3.63, 3.8) is 0 Å². The number of methoxy groups -OCH3 is 1. The number of alkyl halides is 1. The molecule has 0 radical (unpaired) electrons. The number of primary amides is 1. The molecule has 14 heteroatoms. The van der Waals surface area contributed by atoms with Crippen LogP contribution in [0.4, 0.5) is 19.0 Å². The highest BCUT2D eigenvalue weighted by atomic mass is 19.1. The number of hydrogen-bond acceptors (Lipinski definition) is 10. The largest absolute Gasteiger partial charge is 0.475 e. The highest BCUT2D eigenvalue weighted by molar-refractivity contribution is 6.03. The fourth-order valence-corrected chi connectivity index (χ4v) is 7.26. The normalized spacial score (nSPS) is 20.8. The second-order valence-corrected chi connectivity index (χ2v) is 12.2. The summed E-state index contributed by atoms with van der Waals surface area (Å²) in [4.78, 5) is 29.5. The molecule has 1 amide bonds. The van der Waals surface area contributed by atoms with Gasteiger partial charge < -0.3 is 29.6 Å². The Bertz CT molecular complexity index is 1880. The molecule has 2 fully saturated rings. The van der Waals surface area contributed by atoms with Crippen LogP contribution in [0.2, 0.25) is 0 Å². The maximum Gasteiger partial charge on any atom is 0.319 e. The number of rotatable bonds is 10. The van der Waals surface area contributed by atoms with Crippen molar-refractivity contribution in [1.82, 2.24) is 19.9 Å². The van der Waals surface area contributed by atoms with Gasteiger partial charge in [-0.1, -0.05) is 13.0 Å². The summed E-state index contributed by atoms with van der Waals surface area (Å²) in [6, 6.07) is 6.13. The van der Waals surface area contributed by atoms with E-state index in [0.29, 0.717) is 41.5 Å². The van der Waals surface area contributed by atoms with Crippen LogP contribution in [0.15, 0.2) is 24.3 Å². The quantitative estimate of drug-likeness (QED) is 0.248. The third-order valence-electron chi connectivity index (χ3n) is 9.28. The van der Waals surface area contributed by atoms with Gasteiger partial charge in [-0.2, -0.15) is 9.97 Å². The highest BCUT2D eigenvalue weighted by Crippen LogP contribution is 2.44. The van der Waals surface area contributed by atoms with Gasteiger partial charge in [0.05, 0.1) is 18.6 Å². The predicted molar refractivity (Wildman–Crippen MR) is 168 cm³/mol. The number of anilines is 1. The number of halogens is 3. The van der Waals surface area contributed by atoms with Crippen molar-refractivity contribution in [2.24, 2.45) is 5.73 Å². The molecule has 5 heterocycles. The van der Waals surface area contributed by atoms with E-state index >= 15 is 8.78 Å². The Morgan fingerprint density at radius 3 is 2.79 bits per heavy atom. The number of fused-ring (bicyclic) bond motifs is 2. The van der Waals surface area contributed by atoms with Gasteiger partial charge in [0.1, 0.15) is 53.4 Å². The number of pyridine rings is 1. The van der Waals surface area contributed by atoms with Gasteiger partial charge in [-0.15, -0.1) is 0 Å². The minimum absolute atomic E-state index is 0.0346. The molecule has 11 nitrogen and oxygen atoms in total. The first kappa shape index (κ1) is 31.2. The monoisotopic (exact) mass is 652 g/mol. The lowest BCUT2D eigenvalue weighted by Gasteiger charge is -2.31.